The maximum Gasteiger partial charge on any atom is 0.0537 e. The van der Waals surface area contributed by atoms with Gasteiger partial charge in [0.05, 0.1) is 6.20 Å². The molecule has 4 nitrogen and oxygen atoms in total. The number of nitrogens with zero attached hydrogens (tertiary/aromatic N) is 2. The molecule has 21 heavy (non-hydrogen) atoms. The largest absolute Gasteiger partial charge is 0.358 e. The SMILES string of the molecule is Cc1[nH]c2ccc(CNCc3cnn(C)c3C)cc2c1C. The van der Waals surface area contributed by atoms with Crippen LogP contribution in [0.4, 0.5) is 0 Å². The van der Waals surface area contributed by atoms with E-state index in [9.17, 15) is 0 Å². The van der Waals surface area contributed by atoms with Crippen LogP contribution in [0.25, 0.3) is 10.9 Å². The second-order valence-electron chi connectivity index (χ2n) is 5.74. The Balaban J connectivity index is 1.70. The first-order chi connectivity index (χ1) is 10.1. The summed E-state index contributed by atoms with van der Waals surface area (Å²) in [5.74, 6) is 0. The number of aromatic nitrogens is 3. The van der Waals surface area contributed by atoms with E-state index in [2.05, 4.69) is 54.4 Å². The smallest absolute Gasteiger partial charge is 0.0537 e. The molecular weight excluding hydrogens is 260 g/mol. The molecule has 2 N–H and O–H groups in total. The lowest BCUT2D eigenvalue weighted by Gasteiger charge is -2.05. The van der Waals surface area contributed by atoms with Gasteiger partial charge in [0, 0.05) is 48.0 Å². The van der Waals surface area contributed by atoms with E-state index in [1.165, 1.54) is 39.0 Å². The lowest BCUT2D eigenvalue weighted by atomic mass is 10.1. The average Bonchev–Trinajstić information content (AvgIpc) is 2.93. The number of nitrogens with one attached hydrogen (secondary N) is 2. The highest BCUT2D eigenvalue weighted by molar-refractivity contribution is 5.84. The molecule has 2 heterocycles. The fraction of sp³-hybridized carbons (Fsp3) is 0.353. The summed E-state index contributed by atoms with van der Waals surface area (Å²) in [6, 6.07) is 6.62. The van der Waals surface area contributed by atoms with E-state index in [1.807, 2.05) is 17.9 Å². The summed E-state index contributed by atoms with van der Waals surface area (Å²) in [6.45, 7) is 8.11. The van der Waals surface area contributed by atoms with Gasteiger partial charge in [-0.25, -0.2) is 0 Å². The zero-order chi connectivity index (χ0) is 15.0. The van der Waals surface area contributed by atoms with Crippen LogP contribution in [0.1, 0.15) is 28.1 Å². The van der Waals surface area contributed by atoms with Crippen LogP contribution in [0.2, 0.25) is 0 Å². The number of H-pyrrole nitrogens is 1. The third-order valence-electron chi connectivity index (χ3n) is 4.35. The number of rotatable bonds is 4. The molecule has 0 amide bonds. The van der Waals surface area contributed by atoms with Gasteiger partial charge in [-0.2, -0.15) is 5.10 Å². The van der Waals surface area contributed by atoms with Crippen LogP contribution in [0.15, 0.2) is 24.4 Å². The van der Waals surface area contributed by atoms with Gasteiger partial charge in [-0.05, 0) is 44.0 Å². The third-order valence-corrected chi connectivity index (χ3v) is 4.35. The highest BCUT2D eigenvalue weighted by Crippen LogP contribution is 2.22. The summed E-state index contributed by atoms with van der Waals surface area (Å²) >= 11 is 0. The quantitative estimate of drug-likeness (QED) is 0.772. The summed E-state index contributed by atoms with van der Waals surface area (Å²) in [5.41, 5.74) is 7.60. The maximum atomic E-state index is 4.27. The van der Waals surface area contributed by atoms with Crippen molar-refractivity contribution < 1.29 is 0 Å². The van der Waals surface area contributed by atoms with Gasteiger partial charge in [0.15, 0.2) is 0 Å². The van der Waals surface area contributed by atoms with Crippen LogP contribution in [-0.2, 0) is 20.1 Å². The Labute approximate surface area is 125 Å². The first-order valence-corrected chi connectivity index (χ1v) is 7.32. The van der Waals surface area contributed by atoms with Crippen LogP contribution >= 0.6 is 0 Å². The van der Waals surface area contributed by atoms with Crippen molar-refractivity contribution in [3.05, 3.63) is 52.5 Å². The Morgan fingerprint density at radius 3 is 2.71 bits per heavy atom. The predicted molar refractivity (Wildman–Crippen MR) is 86.3 cm³/mol. The molecule has 0 aliphatic rings. The van der Waals surface area contributed by atoms with Crippen LogP contribution in [0, 0.1) is 20.8 Å². The van der Waals surface area contributed by atoms with Gasteiger partial charge in [-0.15, -0.1) is 0 Å². The molecule has 0 spiro atoms. The molecule has 3 aromatic rings. The molecule has 4 heteroatoms. The van der Waals surface area contributed by atoms with Crippen LogP contribution in [0.3, 0.4) is 0 Å². The molecule has 0 aliphatic heterocycles. The lowest BCUT2D eigenvalue weighted by Crippen LogP contribution is -2.13. The highest BCUT2D eigenvalue weighted by atomic mass is 15.3. The van der Waals surface area contributed by atoms with Gasteiger partial charge in [-0.1, -0.05) is 6.07 Å². The first kappa shape index (κ1) is 13.9. The van der Waals surface area contributed by atoms with Crippen molar-refractivity contribution in [2.75, 3.05) is 0 Å². The number of fused-ring (bicyclic) bond motifs is 1. The molecule has 1 aromatic carbocycles. The van der Waals surface area contributed by atoms with Crippen molar-refractivity contribution in [1.82, 2.24) is 20.1 Å². The van der Waals surface area contributed by atoms with E-state index in [0.29, 0.717) is 0 Å². The normalized spacial score (nSPS) is 11.4. The summed E-state index contributed by atoms with van der Waals surface area (Å²) in [5, 5.41) is 9.09. The van der Waals surface area contributed by atoms with Gasteiger partial charge < -0.3 is 10.3 Å². The maximum absolute atomic E-state index is 4.27. The number of hydrogen-bond acceptors (Lipinski definition) is 2. The lowest BCUT2D eigenvalue weighted by molar-refractivity contribution is 0.685. The van der Waals surface area contributed by atoms with E-state index < -0.39 is 0 Å². The molecule has 0 unspecified atom stereocenters. The fourth-order valence-electron chi connectivity index (χ4n) is 2.68. The summed E-state index contributed by atoms with van der Waals surface area (Å²) in [4.78, 5) is 3.41. The van der Waals surface area contributed by atoms with Gasteiger partial charge in [0.2, 0.25) is 0 Å². The molecule has 3 rings (SSSR count). The third kappa shape index (κ3) is 2.59. The number of aryl methyl sites for hydroxylation is 3. The highest BCUT2D eigenvalue weighted by Gasteiger charge is 2.06. The van der Waals surface area contributed by atoms with Crippen molar-refractivity contribution in [3.63, 3.8) is 0 Å². The van der Waals surface area contributed by atoms with Crippen molar-refractivity contribution in [2.45, 2.75) is 33.9 Å². The molecule has 0 saturated carbocycles. The van der Waals surface area contributed by atoms with E-state index in [4.69, 9.17) is 0 Å². The van der Waals surface area contributed by atoms with Crippen molar-refractivity contribution in [3.8, 4) is 0 Å². The molecular formula is C17H22N4. The topological polar surface area (TPSA) is 45.6 Å². The number of benzene rings is 1. The van der Waals surface area contributed by atoms with Gasteiger partial charge in [0.1, 0.15) is 0 Å². The molecule has 0 fully saturated rings. The first-order valence-electron chi connectivity index (χ1n) is 7.32. The summed E-state index contributed by atoms with van der Waals surface area (Å²) in [6.07, 6.45) is 1.94. The Kier molecular flexibility index (Phi) is 3.55. The zero-order valence-corrected chi connectivity index (χ0v) is 13.1. The predicted octanol–water partition coefficient (Wildman–Crippen LogP) is 3.12. The monoisotopic (exact) mass is 282 g/mol. The average molecular weight is 282 g/mol. The molecule has 0 atom stereocenters. The Morgan fingerprint density at radius 1 is 1.19 bits per heavy atom. The van der Waals surface area contributed by atoms with Gasteiger partial charge in [-0.3, -0.25) is 4.68 Å². The van der Waals surface area contributed by atoms with Gasteiger partial charge >= 0.3 is 0 Å². The van der Waals surface area contributed by atoms with Crippen molar-refractivity contribution in [2.24, 2.45) is 7.05 Å². The number of aromatic amines is 1. The van der Waals surface area contributed by atoms with E-state index >= 15 is 0 Å². The van der Waals surface area contributed by atoms with Crippen LogP contribution < -0.4 is 5.32 Å². The molecule has 0 bridgehead atoms. The minimum absolute atomic E-state index is 0.850. The molecule has 0 saturated heterocycles. The Bertz CT molecular complexity index is 780. The summed E-state index contributed by atoms with van der Waals surface area (Å²) < 4.78 is 1.91. The van der Waals surface area contributed by atoms with Crippen molar-refractivity contribution in [1.29, 1.82) is 0 Å². The summed E-state index contributed by atoms with van der Waals surface area (Å²) in [7, 11) is 1.98. The van der Waals surface area contributed by atoms with E-state index in [-0.39, 0.29) is 0 Å². The minimum Gasteiger partial charge on any atom is -0.358 e. The zero-order valence-electron chi connectivity index (χ0n) is 13.1. The van der Waals surface area contributed by atoms with E-state index in [1.54, 1.807) is 0 Å². The standard InChI is InChI=1S/C17H22N4/c1-11-12(2)20-17-6-5-14(7-16(11)17)8-18-9-15-10-19-21(4)13(15)3/h5-7,10,18,20H,8-9H2,1-4H3. The van der Waals surface area contributed by atoms with Crippen molar-refractivity contribution >= 4 is 10.9 Å². The number of hydrogen-bond donors (Lipinski definition) is 2. The molecule has 0 aliphatic carbocycles. The Hall–Kier alpha value is -2.07. The van der Waals surface area contributed by atoms with Gasteiger partial charge in [0.25, 0.3) is 0 Å². The molecule has 0 radical (unpaired) electrons. The Morgan fingerprint density at radius 2 is 2.00 bits per heavy atom. The van der Waals surface area contributed by atoms with Crippen LogP contribution in [-0.4, -0.2) is 14.8 Å². The second-order valence-corrected chi connectivity index (χ2v) is 5.74. The molecule has 2 aromatic heterocycles. The molecule has 110 valence electrons. The second kappa shape index (κ2) is 5.37. The fourth-order valence-corrected chi connectivity index (χ4v) is 2.68. The van der Waals surface area contributed by atoms with E-state index in [0.717, 1.165) is 13.1 Å². The minimum atomic E-state index is 0.850. The van der Waals surface area contributed by atoms with Crippen LogP contribution in [0.5, 0.6) is 0 Å².